The van der Waals surface area contributed by atoms with E-state index in [-0.39, 0.29) is 38.6 Å². The first-order chi connectivity index (χ1) is 24.8. The number of nitrogens with two attached hydrogens (primary N) is 1. The van der Waals surface area contributed by atoms with E-state index in [0.717, 1.165) is 57.8 Å². The number of ether oxygens (including phenoxy) is 2. The van der Waals surface area contributed by atoms with Gasteiger partial charge in [-0.25, -0.2) is 4.57 Å². The zero-order valence-electron chi connectivity index (χ0n) is 32.6. The van der Waals surface area contributed by atoms with Crippen LogP contribution in [0.2, 0.25) is 0 Å². The maximum Gasteiger partial charge on any atom is 0.472 e. The molecule has 0 aromatic heterocycles. The zero-order valence-corrected chi connectivity index (χ0v) is 33.5. The molecule has 9 nitrogen and oxygen atoms in total. The van der Waals surface area contributed by atoms with Crippen LogP contribution >= 0.6 is 7.82 Å². The average Bonchev–Trinajstić information content (AvgIpc) is 3.11. The molecule has 3 N–H and O–H groups in total. The van der Waals surface area contributed by atoms with Crippen molar-refractivity contribution in [1.82, 2.24) is 0 Å². The third-order valence-electron chi connectivity index (χ3n) is 8.53. The second kappa shape index (κ2) is 38.0. The molecule has 0 aliphatic carbocycles. The monoisotopic (exact) mass is 742 g/mol. The number of hydrogen-bond donors (Lipinski definition) is 2. The molecule has 51 heavy (non-hydrogen) atoms. The van der Waals surface area contributed by atoms with Gasteiger partial charge in [0.1, 0.15) is 6.61 Å². The number of hydrogen-bond acceptors (Lipinski definition) is 8. The third kappa shape index (κ3) is 37.8. The predicted octanol–water partition coefficient (Wildman–Crippen LogP) is 11.4. The summed E-state index contributed by atoms with van der Waals surface area (Å²) in [5.74, 6) is -0.849. The normalized spacial score (nSPS) is 13.7. The number of allylic oxidation sites excluding steroid dienone is 6. The van der Waals surface area contributed by atoms with Gasteiger partial charge in [-0.05, 0) is 57.8 Å². The molecule has 0 heterocycles. The predicted molar refractivity (Wildman–Crippen MR) is 210 cm³/mol. The number of unbranched alkanes of at least 4 members (excludes halogenated alkanes) is 20. The van der Waals surface area contributed by atoms with Crippen LogP contribution in [0.1, 0.15) is 181 Å². The minimum Gasteiger partial charge on any atom is -0.462 e. The molecule has 0 rings (SSSR count). The van der Waals surface area contributed by atoms with Crippen molar-refractivity contribution in [3.63, 3.8) is 0 Å². The van der Waals surface area contributed by atoms with Gasteiger partial charge in [-0.2, -0.15) is 0 Å². The fraction of sp³-hybridized carbons (Fsp3) is 0.805. The van der Waals surface area contributed by atoms with Crippen molar-refractivity contribution in [1.29, 1.82) is 0 Å². The first-order valence-corrected chi connectivity index (χ1v) is 22.0. The minimum atomic E-state index is -4.38. The molecule has 0 aromatic carbocycles. The first kappa shape index (κ1) is 49.2. The Morgan fingerprint density at radius 2 is 1.04 bits per heavy atom. The summed E-state index contributed by atoms with van der Waals surface area (Å²) in [5, 5.41) is 0. The van der Waals surface area contributed by atoms with Gasteiger partial charge in [-0.3, -0.25) is 18.6 Å². The fourth-order valence-electron chi connectivity index (χ4n) is 5.43. The van der Waals surface area contributed by atoms with Gasteiger partial charge in [0.2, 0.25) is 0 Å². The van der Waals surface area contributed by atoms with Crippen LogP contribution in [-0.2, 0) is 32.7 Å². The van der Waals surface area contributed by atoms with Gasteiger partial charge >= 0.3 is 19.8 Å². The quantitative estimate of drug-likeness (QED) is 0.0208. The lowest BCUT2D eigenvalue weighted by molar-refractivity contribution is -0.161. The molecule has 0 fully saturated rings. The standard InChI is InChI=1S/C41H76NO8P/c1-3-5-7-9-11-13-15-17-19-21-23-25-27-29-31-33-40(43)47-37-39(38-49-51(45,46)48-36-35-42)50-41(44)34-32-30-28-26-24-22-20-18-16-14-12-10-8-6-4-2/h9,11,14,16,18,20,39H,3-8,10,12-13,15,17,19,21-38,42H2,1-2H3,(H,45,46)/b11-9+,16-14+,20-18+/t39-/m1/s1. The SMILES string of the molecule is CCCC/C=C/CCCCCCCCCCCC(=O)OC[C@H](COP(=O)(O)OCCN)OC(=O)CCCCCCC/C=C/C=C/CCCCCC. The summed E-state index contributed by atoms with van der Waals surface area (Å²) in [6.07, 6.45) is 40.2. The van der Waals surface area contributed by atoms with E-state index in [1.807, 2.05) is 0 Å². The molecule has 0 saturated carbocycles. The number of rotatable bonds is 38. The lowest BCUT2D eigenvalue weighted by atomic mass is 10.1. The molecule has 0 aliphatic heterocycles. The highest BCUT2D eigenvalue weighted by Crippen LogP contribution is 2.43. The molecule has 0 bridgehead atoms. The lowest BCUT2D eigenvalue weighted by Gasteiger charge is -2.19. The molecule has 0 aromatic rings. The van der Waals surface area contributed by atoms with Gasteiger partial charge in [0.25, 0.3) is 0 Å². The van der Waals surface area contributed by atoms with Crippen molar-refractivity contribution < 1.29 is 37.6 Å². The Labute approximate surface area is 312 Å². The second-order valence-corrected chi connectivity index (χ2v) is 15.0. The third-order valence-corrected chi connectivity index (χ3v) is 9.51. The highest BCUT2D eigenvalue weighted by Gasteiger charge is 2.26. The molecule has 0 amide bonds. The van der Waals surface area contributed by atoms with Crippen molar-refractivity contribution in [2.75, 3.05) is 26.4 Å². The molecule has 0 spiro atoms. The Morgan fingerprint density at radius 1 is 0.588 bits per heavy atom. The number of esters is 2. The van der Waals surface area contributed by atoms with E-state index < -0.39 is 26.5 Å². The summed E-state index contributed by atoms with van der Waals surface area (Å²) in [5.41, 5.74) is 5.34. The van der Waals surface area contributed by atoms with E-state index in [1.165, 1.54) is 89.9 Å². The molecule has 0 aliphatic rings. The number of carbonyl (C=O) groups excluding carboxylic acids is 2. The molecule has 10 heteroatoms. The van der Waals surface area contributed by atoms with Gasteiger partial charge in [-0.1, -0.05) is 147 Å². The maximum absolute atomic E-state index is 12.5. The van der Waals surface area contributed by atoms with E-state index >= 15 is 0 Å². The van der Waals surface area contributed by atoms with Crippen LogP contribution in [0.4, 0.5) is 0 Å². The summed E-state index contributed by atoms with van der Waals surface area (Å²) in [6.45, 7) is 3.66. The van der Waals surface area contributed by atoms with E-state index in [4.69, 9.17) is 24.3 Å². The van der Waals surface area contributed by atoms with E-state index in [1.54, 1.807) is 0 Å². The maximum atomic E-state index is 12.5. The lowest BCUT2D eigenvalue weighted by Crippen LogP contribution is -2.29. The van der Waals surface area contributed by atoms with Crippen LogP contribution in [0.25, 0.3) is 0 Å². The van der Waals surface area contributed by atoms with Crippen molar-refractivity contribution in [3.8, 4) is 0 Å². The molecule has 1 unspecified atom stereocenters. The van der Waals surface area contributed by atoms with Crippen molar-refractivity contribution in [2.45, 2.75) is 187 Å². The highest BCUT2D eigenvalue weighted by molar-refractivity contribution is 7.47. The van der Waals surface area contributed by atoms with E-state index in [0.29, 0.717) is 6.42 Å². The van der Waals surface area contributed by atoms with Gasteiger partial charge in [-0.15, -0.1) is 0 Å². The van der Waals surface area contributed by atoms with Gasteiger partial charge < -0.3 is 20.1 Å². The molecular weight excluding hydrogens is 665 g/mol. The first-order valence-electron chi connectivity index (χ1n) is 20.5. The smallest absolute Gasteiger partial charge is 0.462 e. The minimum absolute atomic E-state index is 0.0501. The summed E-state index contributed by atoms with van der Waals surface area (Å²) in [4.78, 5) is 34.8. The van der Waals surface area contributed by atoms with Crippen LogP contribution in [0, 0.1) is 0 Å². The molecule has 2 atom stereocenters. The number of phosphoric ester groups is 1. The number of carbonyl (C=O) groups is 2. The van der Waals surface area contributed by atoms with E-state index in [9.17, 15) is 19.0 Å². The fourth-order valence-corrected chi connectivity index (χ4v) is 6.19. The molecular formula is C41H76NO8P. The molecule has 298 valence electrons. The Morgan fingerprint density at radius 3 is 1.57 bits per heavy atom. The average molecular weight is 742 g/mol. The zero-order chi connectivity index (χ0) is 37.5. The van der Waals surface area contributed by atoms with Crippen molar-refractivity contribution >= 4 is 19.8 Å². The van der Waals surface area contributed by atoms with Crippen LogP contribution in [0.15, 0.2) is 36.5 Å². The summed E-state index contributed by atoms with van der Waals surface area (Å²) >= 11 is 0. The highest BCUT2D eigenvalue weighted by atomic mass is 31.2. The van der Waals surface area contributed by atoms with Crippen LogP contribution in [-0.4, -0.2) is 49.3 Å². The second-order valence-electron chi connectivity index (χ2n) is 13.5. The Bertz CT molecular complexity index is 939. The molecule has 0 saturated heterocycles. The van der Waals surface area contributed by atoms with Gasteiger partial charge in [0.15, 0.2) is 6.10 Å². The Balaban J connectivity index is 4.21. The summed E-state index contributed by atoms with van der Waals surface area (Å²) in [7, 11) is -4.38. The van der Waals surface area contributed by atoms with Crippen LogP contribution in [0.3, 0.4) is 0 Å². The Hall–Kier alpha value is -1.77. The summed E-state index contributed by atoms with van der Waals surface area (Å²) < 4.78 is 32.7. The topological polar surface area (TPSA) is 134 Å². The number of phosphoric acid groups is 1. The van der Waals surface area contributed by atoms with Gasteiger partial charge in [0, 0.05) is 19.4 Å². The molecule has 0 radical (unpaired) electrons. The van der Waals surface area contributed by atoms with Crippen molar-refractivity contribution in [2.24, 2.45) is 5.73 Å². The van der Waals surface area contributed by atoms with Crippen LogP contribution < -0.4 is 5.73 Å². The Kier molecular flexibility index (Phi) is 36.7. The summed E-state index contributed by atoms with van der Waals surface area (Å²) in [6, 6.07) is 0. The largest absolute Gasteiger partial charge is 0.472 e. The van der Waals surface area contributed by atoms with Crippen LogP contribution in [0.5, 0.6) is 0 Å². The van der Waals surface area contributed by atoms with Crippen molar-refractivity contribution in [3.05, 3.63) is 36.5 Å². The van der Waals surface area contributed by atoms with E-state index in [2.05, 4.69) is 50.3 Å². The van der Waals surface area contributed by atoms with Gasteiger partial charge in [0.05, 0.1) is 13.2 Å².